The zero-order chi connectivity index (χ0) is 13.5. The van der Waals surface area contributed by atoms with Gasteiger partial charge in [-0.05, 0) is 30.0 Å². The summed E-state index contributed by atoms with van der Waals surface area (Å²) >= 11 is 6.11. The minimum atomic E-state index is 0.0203. The highest BCUT2D eigenvalue weighted by atomic mass is 35.5. The molecule has 0 heterocycles. The minimum Gasteiger partial charge on any atom is -0.355 e. The smallest absolute Gasteiger partial charge is 0.233 e. The largest absolute Gasteiger partial charge is 0.355 e. The Morgan fingerprint density at radius 3 is 2.72 bits per heavy atom. The van der Waals surface area contributed by atoms with Gasteiger partial charge in [0, 0.05) is 18.1 Å². The van der Waals surface area contributed by atoms with Crippen molar-refractivity contribution in [3.8, 4) is 0 Å². The van der Waals surface area contributed by atoms with Crippen molar-refractivity contribution in [3.05, 3.63) is 34.3 Å². The summed E-state index contributed by atoms with van der Waals surface area (Å²) in [5.41, 5.74) is 2.15. The number of aryl methyl sites for hydroxylation is 1. The first-order valence-electron chi connectivity index (χ1n) is 6.21. The van der Waals surface area contributed by atoms with Crippen molar-refractivity contribution < 1.29 is 4.79 Å². The Morgan fingerprint density at radius 2 is 2.11 bits per heavy atom. The number of amides is 1. The molecule has 0 bridgehead atoms. The van der Waals surface area contributed by atoms with Crippen LogP contribution in [-0.2, 0) is 11.3 Å². The summed E-state index contributed by atoms with van der Waals surface area (Å²) in [6.07, 6.45) is 0. The van der Waals surface area contributed by atoms with Crippen LogP contribution in [0.3, 0.4) is 0 Å². The van der Waals surface area contributed by atoms with Crippen molar-refractivity contribution in [1.82, 2.24) is 10.6 Å². The molecule has 1 amide bonds. The molecular weight excluding hydrogens is 248 g/mol. The molecule has 2 N–H and O–H groups in total. The lowest BCUT2D eigenvalue weighted by molar-refractivity contribution is -0.120. The Kier molecular flexibility index (Phi) is 6.16. The number of hydrogen-bond donors (Lipinski definition) is 2. The van der Waals surface area contributed by atoms with Crippen molar-refractivity contribution >= 4 is 17.5 Å². The van der Waals surface area contributed by atoms with Crippen molar-refractivity contribution in [2.45, 2.75) is 27.3 Å². The normalized spacial score (nSPS) is 10.7. The third-order valence-electron chi connectivity index (χ3n) is 2.52. The molecule has 0 aliphatic heterocycles. The molecule has 1 aromatic rings. The fourth-order valence-electron chi connectivity index (χ4n) is 1.49. The summed E-state index contributed by atoms with van der Waals surface area (Å²) in [6, 6.07) is 5.93. The Bertz CT molecular complexity index is 405. The average Bonchev–Trinajstić information content (AvgIpc) is 2.29. The van der Waals surface area contributed by atoms with Gasteiger partial charge < -0.3 is 10.6 Å². The summed E-state index contributed by atoms with van der Waals surface area (Å²) in [6.45, 7) is 7.78. The topological polar surface area (TPSA) is 41.1 Å². The lowest BCUT2D eigenvalue weighted by Gasteiger charge is -2.09. The van der Waals surface area contributed by atoms with Crippen LogP contribution in [0.2, 0.25) is 5.02 Å². The second kappa shape index (κ2) is 7.39. The van der Waals surface area contributed by atoms with Gasteiger partial charge in [-0.1, -0.05) is 37.6 Å². The lowest BCUT2D eigenvalue weighted by atomic mass is 10.1. The third kappa shape index (κ3) is 5.52. The summed E-state index contributed by atoms with van der Waals surface area (Å²) < 4.78 is 0. The highest BCUT2D eigenvalue weighted by Crippen LogP contribution is 2.16. The van der Waals surface area contributed by atoms with Gasteiger partial charge in [-0.25, -0.2) is 0 Å². The van der Waals surface area contributed by atoms with E-state index in [9.17, 15) is 4.79 Å². The number of rotatable bonds is 6. The van der Waals surface area contributed by atoms with E-state index in [1.807, 2.05) is 25.1 Å². The average molecular weight is 269 g/mol. The molecule has 0 unspecified atom stereocenters. The van der Waals surface area contributed by atoms with Crippen molar-refractivity contribution in [2.75, 3.05) is 13.1 Å². The number of benzene rings is 1. The fourth-order valence-corrected chi connectivity index (χ4v) is 1.79. The van der Waals surface area contributed by atoms with Crippen LogP contribution in [0.1, 0.15) is 25.0 Å². The quantitative estimate of drug-likeness (QED) is 0.832. The van der Waals surface area contributed by atoms with E-state index < -0.39 is 0 Å². The summed E-state index contributed by atoms with van der Waals surface area (Å²) in [5, 5.41) is 6.69. The molecule has 0 radical (unpaired) electrons. The number of carbonyl (C=O) groups excluding carboxylic acids is 1. The standard InChI is InChI=1S/C14H21ClN2O/c1-10(2)7-17-14(18)9-16-8-12-5-4-11(3)6-13(12)15/h4-6,10,16H,7-9H2,1-3H3,(H,17,18). The number of carbonyl (C=O) groups is 1. The van der Waals surface area contributed by atoms with Crippen molar-refractivity contribution in [2.24, 2.45) is 5.92 Å². The van der Waals surface area contributed by atoms with E-state index in [0.717, 1.165) is 16.1 Å². The molecule has 0 fully saturated rings. The van der Waals surface area contributed by atoms with E-state index in [1.165, 1.54) is 0 Å². The SMILES string of the molecule is Cc1ccc(CNCC(=O)NCC(C)C)c(Cl)c1. The van der Waals surface area contributed by atoms with Crippen LogP contribution in [0.4, 0.5) is 0 Å². The Morgan fingerprint density at radius 1 is 1.39 bits per heavy atom. The zero-order valence-corrected chi connectivity index (χ0v) is 12.0. The molecule has 0 atom stereocenters. The van der Waals surface area contributed by atoms with E-state index in [2.05, 4.69) is 24.5 Å². The van der Waals surface area contributed by atoms with Crippen LogP contribution in [0.25, 0.3) is 0 Å². The summed E-state index contributed by atoms with van der Waals surface area (Å²) in [7, 11) is 0. The molecule has 1 aromatic carbocycles. The second-order valence-corrected chi connectivity index (χ2v) is 5.30. The molecule has 0 aromatic heterocycles. The van der Waals surface area contributed by atoms with Crippen molar-refractivity contribution in [1.29, 1.82) is 0 Å². The summed E-state index contributed by atoms with van der Waals surface area (Å²) in [5.74, 6) is 0.493. The first-order chi connectivity index (χ1) is 8.49. The van der Waals surface area contributed by atoms with E-state index in [1.54, 1.807) is 0 Å². The second-order valence-electron chi connectivity index (χ2n) is 4.90. The fraction of sp³-hybridized carbons (Fsp3) is 0.500. The predicted octanol–water partition coefficient (Wildman–Crippen LogP) is 2.51. The Labute approximate surface area is 114 Å². The van der Waals surface area contributed by atoms with Crippen LogP contribution in [-0.4, -0.2) is 19.0 Å². The third-order valence-corrected chi connectivity index (χ3v) is 2.87. The van der Waals surface area contributed by atoms with Gasteiger partial charge >= 0.3 is 0 Å². The Balaban J connectivity index is 2.31. The molecule has 1 rings (SSSR count). The van der Waals surface area contributed by atoms with Gasteiger partial charge in [0.1, 0.15) is 0 Å². The van der Waals surface area contributed by atoms with Gasteiger partial charge in [-0.2, -0.15) is 0 Å². The maximum absolute atomic E-state index is 11.5. The molecule has 0 aliphatic rings. The van der Waals surface area contributed by atoms with Gasteiger partial charge in [-0.15, -0.1) is 0 Å². The van der Waals surface area contributed by atoms with Gasteiger partial charge in [0.25, 0.3) is 0 Å². The van der Waals surface area contributed by atoms with Gasteiger partial charge in [0.15, 0.2) is 0 Å². The van der Waals surface area contributed by atoms with Gasteiger partial charge in [0.2, 0.25) is 5.91 Å². The van der Waals surface area contributed by atoms with E-state index in [0.29, 0.717) is 25.6 Å². The molecule has 18 heavy (non-hydrogen) atoms. The molecule has 4 heteroatoms. The molecule has 3 nitrogen and oxygen atoms in total. The molecule has 0 saturated heterocycles. The molecule has 0 spiro atoms. The first-order valence-corrected chi connectivity index (χ1v) is 6.59. The lowest BCUT2D eigenvalue weighted by Crippen LogP contribution is -2.35. The summed E-state index contributed by atoms with van der Waals surface area (Å²) in [4.78, 5) is 11.5. The molecular formula is C14H21ClN2O. The van der Waals surface area contributed by atoms with E-state index in [-0.39, 0.29) is 5.91 Å². The molecule has 0 aliphatic carbocycles. The number of halogens is 1. The van der Waals surface area contributed by atoms with Crippen LogP contribution in [0.5, 0.6) is 0 Å². The molecule has 100 valence electrons. The van der Waals surface area contributed by atoms with Crippen LogP contribution in [0.15, 0.2) is 18.2 Å². The van der Waals surface area contributed by atoms with E-state index in [4.69, 9.17) is 11.6 Å². The predicted molar refractivity (Wildman–Crippen MR) is 75.7 cm³/mol. The van der Waals surface area contributed by atoms with Gasteiger partial charge in [0.05, 0.1) is 6.54 Å². The maximum Gasteiger partial charge on any atom is 0.233 e. The maximum atomic E-state index is 11.5. The first kappa shape index (κ1) is 15.0. The highest BCUT2D eigenvalue weighted by Gasteiger charge is 2.03. The number of hydrogen-bond acceptors (Lipinski definition) is 2. The highest BCUT2D eigenvalue weighted by molar-refractivity contribution is 6.31. The van der Waals surface area contributed by atoms with Crippen LogP contribution in [0, 0.1) is 12.8 Å². The van der Waals surface area contributed by atoms with E-state index >= 15 is 0 Å². The van der Waals surface area contributed by atoms with Crippen LogP contribution >= 0.6 is 11.6 Å². The minimum absolute atomic E-state index is 0.0203. The molecule has 0 saturated carbocycles. The van der Waals surface area contributed by atoms with Crippen LogP contribution < -0.4 is 10.6 Å². The number of nitrogens with one attached hydrogen (secondary N) is 2. The monoisotopic (exact) mass is 268 g/mol. The van der Waals surface area contributed by atoms with Gasteiger partial charge in [-0.3, -0.25) is 4.79 Å². The zero-order valence-electron chi connectivity index (χ0n) is 11.2. The van der Waals surface area contributed by atoms with Crippen molar-refractivity contribution in [3.63, 3.8) is 0 Å². The Hall–Kier alpha value is -1.06.